The fourth-order valence-corrected chi connectivity index (χ4v) is 3.06. The Kier molecular flexibility index (Phi) is 3.93. The fourth-order valence-electron chi connectivity index (χ4n) is 2.45. The normalized spacial score (nSPS) is 35.4. The molecule has 2 fully saturated rings. The third-order valence-corrected chi connectivity index (χ3v) is 4.41. The Hall–Kier alpha value is -0.990. The smallest absolute Gasteiger partial charge is 0.310 e. The Morgan fingerprint density at radius 1 is 1.32 bits per heavy atom. The minimum atomic E-state index is -0.536. The molecule has 2 aliphatic heterocycles. The lowest BCUT2D eigenvalue weighted by molar-refractivity contribution is -0.136. The van der Waals surface area contributed by atoms with Gasteiger partial charge in [0.2, 0.25) is 0 Å². The minimum absolute atomic E-state index is 0.0447. The Balaban J connectivity index is 2.20. The molecule has 3 amide bonds. The van der Waals surface area contributed by atoms with Crippen molar-refractivity contribution in [3.05, 3.63) is 0 Å². The number of amides is 3. The zero-order valence-electron chi connectivity index (χ0n) is 11.0. The molecule has 0 bridgehead atoms. The summed E-state index contributed by atoms with van der Waals surface area (Å²) in [5, 5.41) is 6.32. The summed E-state index contributed by atoms with van der Waals surface area (Å²) in [6.07, 6.45) is -0.0929. The largest absolute Gasteiger partial charge is 0.327 e. The third-order valence-electron chi connectivity index (χ3n) is 3.50. The molecule has 2 rings (SSSR count). The lowest BCUT2D eigenvalue weighted by Crippen LogP contribution is -2.77. The molecule has 2 aliphatic rings. The number of imide groups is 1. The second kappa shape index (κ2) is 5.18. The Bertz CT molecular complexity index is 430. The van der Waals surface area contributed by atoms with Crippen LogP contribution in [0.3, 0.4) is 0 Å². The van der Waals surface area contributed by atoms with Gasteiger partial charge >= 0.3 is 6.03 Å². The van der Waals surface area contributed by atoms with Gasteiger partial charge in [0.15, 0.2) is 0 Å². The van der Waals surface area contributed by atoms with E-state index < -0.39 is 12.2 Å². The van der Waals surface area contributed by atoms with Crippen molar-refractivity contribution in [2.75, 3.05) is 14.1 Å². The van der Waals surface area contributed by atoms with Gasteiger partial charge in [-0.25, -0.2) is 4.79 Å². The summed E-state index contributed by atoms with van der Waals surface area (Å²) in [6.45, 7) is 1.51. The standard InChI is InChI=1S/C11H17BrN4O3/c1-5(17)4-6-8(12)14-9-7(13-6)10(18)16(3)11(19)15(9)2/h6-9,13-14H,4H2,1-3H3. The highest BCUT2D eigenvalue weighted by Gasteiger charge is 2.48. The molecule has 0 radical (unpaired) electrons. The van der Waals surface area contributed by atoms with Crippen molar-refractivity contribution in [1.29, 1.82) is 0 Å². The number of halogens is 1. The van der Waals surface area contributed by atoms with Crippen LogP contribution in [0, 0.1) is 0 Å². The number of urea groups is 1. The fraction of sp³-hybridized carbons (Fsp3) is 0.727. The summed E-state index contributed by atoms with van der Waals surface area (Å²) in [4.78, 5) is 37.6. The van der Waals surface area contributed by atoms with Crippen LogP contribution in [0.15, 0.2) is 0 Å². The third kappa shape index (κ3) is 2.52. The monoisotopic (exact) mass is 332 g/mol. The first-order valence-electron chi connectivity index (χ1n) is 6.03. The molecule has 2 N–H and O–H groups in total. The molecule has 0 aromatic rings. The van der Waals surface area contributed by atoms with Crippen molar-refractivity contribution in [2.45, 2.75) is 36.5 Å². The predicted octanol–water partition coefficient (Wildman–Crippen LogP) is -0.534. The van der Waals surface area contributed by atoms with Gasteiger partial charge in [0.1, 0.15) is 18.0 Å². The Morgan fingerprint density at radius 2 is 1.95 bits per heavy atom. The molecule has 0 aliphatic carbocycles. The number of hydrogen-bond acceptors (Lipinski definition) is 5. The number of hydrogen-bond donors (Lipinski definition) is 2. The van der Waals surface area contributed by atoms with Crippen LogP contribution in [0.5, 0.6) is 0 Å². The SMILES string of the molecule is CC(=O)CC1NC2C(=O)N(C)C(=O)N(C)C2NC1Br. The van der Waals surface area contributed by atoms with E-state index in [-0.39, 0.29) is 28.7 Å². The maximum absolute atomic E-state index is 12.1. The molecule has 4 atom stereocenters. The van der Waals surface area contributed by atoms with Crippen molar-refractivity contribution >= 4 is 33.7 Å². The van der Waals surface area contributed by atoms with Crippen LogP contribution in [-0.2, 0) is 9.59 Å². The average Bonchev–Trinajstić information content (AvgIpc) is 2.35. The topological polar surface area (TPSA) is 81.8 Å². The number of rotatable bonds is 2. The number of likely N-dealkylation sites (N-methyl/N-ethyl adjacent to an activating group) is 2. The van der Waals surface area contributed by atoms with Crippen molar-refractivity contribution in [3.63, 3.8) is 0 Å². The maximum atomic E-state index is 12.1. The van der Waals surface area contributed by atoms with E-state index in [1.165, 1.54) is 18.9 Å². The van der Waals surface area contributed by atoms with E-state index in [0.29, 0.717) is 6.42 Å². The summed E-state index contributed by atoms with van der Waals surface area (Å²) < 4.78 is 0. The van der Waals surface area contributed by atoms with Crippen LogP contribution in [0.2, 0.25) is 0 Å². The van der Waals surface area contributed by atoms with Crippen LogP contribution in [-0.4, -0.2) is 64.8 Å². The van der Waals surface area contributed by atoms with Crippen molar-refractivity contribution in [2.24, 2.45) is 0 Å². The summed E-state index contributed by atoms with van der Waals surface area (Å²) in [7, 11) is 3.10. The lowest BCUT2D eigenvalue weighted by Gasteiger charge is -2.48. The van der Waals surface area contributed by atoms with Gasteiger partial charge in [-0.15, -0.1) is 0 Å². The van der Waals surface area contributed by atoms with E-state index in [0.717, 1.165) is 4.90 Å². The lowest BCUT2D eigenvalue weighted by atomic mass is 10.0. The minimum Gasteiger partial charge on any atom is -0.310 e. The summed E-state index contributed by atoms with van der Waals surface area (Å²) in [6, 6.07) is -1.06. The number of alkyl halides is 1. The van der Waals surface area contributed by atoms with Gasteiger partial charge in [-0.3, -0.25) is 25.1 Å². The van der Waals surface area contributed by atoms with Crippen molar-refractivity contribution in [1.82, 2.24) is 20.4 Å². The van der Waals surface area contributed by atoms with Gasteiger partial charge in [0.25, 0.3) is 5.91 Å². The highest BCUT2D eigenvalue weighted by atomic mass is 79.9. The molecular weight excluding hydrogens is 316 g/mol. The number of ketones is 1. The highest BCUT2D eigenvalue weighted by Crippen LogP contribution is 2.22. The second-order valence-electron chi connectivity index (χ2n) is 4.96. The number of nitrogens with one attached hydrogen (secondary N) is 2. The first-order valence-corrected chi connectivity index (χ1v) is 6.94. The van der Waals surface area contributed by atoms with Gasteiger partial charge in [-0.05, 0) is 6.92 Å². The van der Waals surface area contributed by atoms with E-state index in [9.17, 15) is 14.4 Å². The average molecular weight is 333 g/mol. The first kappa shape index (κ1) is 14.4. The Morgan fingerprint density at radius 3 is 2.53 bits per heavy atom. The number of fused-ring (bicyclic) bond motifs is 1. The summed E-state index contributed by atoms with van der Waals surface area (Å²) in [5.41, 5.74) is 0. The predicted molar refractivity (Wildman–Crippen MR) is 71.6 cm³/mol. The van der Waals surface area contributed by atoms with E-state index in [2.05, 4.69) is 26.6 Å². The molecule has 0 saturated carbocycles. The number of carbonyl (C=O) groups excluding carboxylic acids is 3. The van der Waals surface area contributed by atoms with Crippen LogP contribution >= 0.6 is 15.9 Å². The molecule has 2 heterocycles. The van der Waals surface area contributed by atoms with E-state index >= 15 is 0 Å². The van der Waals surface area contributed by atoms with Crippen LogP contribution in [0.1, 0.15) is 13.3 Å². The zero-order chi connectivity index (χ0) is 14.3. The van der Waals surface area contributed by atoms with Gasteiger partial charge in [-0.1, -0.05) is 15.9 Å². The number of nitrogens with zero attached hydrogens (tertiary/aromatic N) is 2. The van der Waals surface area contributed by atoms with Gasteiger partial charge in [0.05, 0.1) is 4.95 Å². The summed E-state index contributed by atoms with van der Waals surface area (Å²) in [5.74, 6) is -0.239. The molecule has 0 spiro atoms. The van der Waals surface area contributed by atoms with Crippen LogP contribution in [0.4, 0.5) is 4.79 Å². The van der Waals surface area contributed by atoms with Crippen molar-refractivity contribution < 1.29 is 14.4 Å². The summed E-state index contributed by atoms with van der Waals surface area (Å²) >= 11 is 3.44. The van der Waals surface area contributed by atoms with Gasteiger partial charge in [-0.2, -0.15) is 0 Å². The second-order valence-corrected chi connectivity index (χ2v) is 5.95. The molecule has 0 aromatic carbocycles. The zero-order valence-corrected chi connectivity index (χ0v) is 12.6. The number of piperazine rings is 1. The van der Waals surface area contributed by atoms with Crippen LogP contribution < -0.4 is 10.6 Å². The molecule has 2 saturated heterocycles. The molecule has 0 aromatic heterocycles. The van der Waals surface area contributed by atoms with Crippen molar-refractivity contribution in [3.8, 4) is 0 Å². The molecule has 19 heavy (non-hydrogen) atoms. The molecular formula is C11H17BrN4O3. The molecule has 8 heteroatoms. The molecule has 106 valence electrons. The molecule has 7 nitrogen and oxygen atoms in total. The number of carbonyl (C=O) groups is 3. The first-order chi connectivity index (χ1) is 8.82. The van der Waals surface area contributed by atoms with E-state index in [1.807, 2.05) is 0 Å². The maximum Gasteiger partial charge on any atom is 0.327 e. The Labute approximate surface area is 119 Å². The van der Waals surface area contributed by atoms with Gasteiger partial charge in [0, 0.05) is 26.6 Å². The van der Waals surface area contributed by atoms with Gasteiger partial charge < -0.3 is 4.90 Å². The molecule has 4 unspecified atom stereocenters. The quantitative estimate of drug-likeness (QED) is 0.524. The van der Waals surface area contributed by atoms with E-state index in [1.54, 1.807) is 7.05 Å². The van der Waals surface area contributed by atoms with E-state index in [4.69, 9.17) is 0 Å². The number of Topliss-reactive ketones (excluding diaryl/α,β-unsaturated/α-hetero) is 1. The van der Waals surface area contributed by atoms with Crippen LogP contribution in [0.25, 0.3) is 0 Å². The highest BCUT2D eigenvalue weighted by molar-refractivity contribution is 9.09.